The highest BCUT2D eigenvalue weighted by atomic mass is 16.5. The van der Waals surface area contributed by atoms with Crippen molar-refractivity contribution in [2.45, 2.75) is 25.6 Å². The van der Waals surface area contributed by atoms with Crippen molar-refractivity contribution in [2.75, 3.05) is 20.2 Å². The maximum atomic E-state index is 9.94. The minimum atomic E-state index is -0.770. The first-order chi connectivity index (χ1) is 7.92. The molecule has 0 fully saturated rings. The van der Waals surface area contributed by atoms with Gasteiger partial charge in [-0.15, -0.1) is 0 Å². The Morgan fingerprint density at radius 3 is 2.71 bits per heavy atom. The molecule has 1 aromatic rings. The van der Waals surface area contributed by atoms with E-state index in [1.54, 1.807) is 27.0 Å². The average molecular weight is 239 g/mol. The number of methoxy groups -OCH3 is 1. The summed E-state index contributed by atoms with van der Waals surface area (Å²) in [6, 6.07) is 7.32. The van der Waals surface area contributed by atoms with E-state index in [9.17, 15) is 10.2 Å². The van der Waals surface area contributed by atoms with Crippen LogP contribution in [0.4, 0.5) is 0 Å². The Hall–Kier alpha value is -1.10. The molecule has 0 aliphatic carbocycles. The van der Waals surface area contributed by atoms with Gasteiger partial charge in [0.1, 0.15) is 5.75 Å². The van der Waals surface area contributed by atoms with Crippen LogP contribution in [0.25, 0.3) is 0 Å². The van der Waals surface area contributed by atoms with Gasteiger partial charge in [0.05, 0.1) is 18.8 Å². The summed E-state index contributed by atoms with van der Waals surface area (Å²) in [5.41, 5.74) is 0.0290. The van der Waals surface area contributed by atoms with Gasteiger partial charge in [-0.25, -0.2) is 0 Å². The molecular weight excluding hydrogens is 218 g/mol. The second kappa shape index (κ2) is 6.00. The molecule has 0 aliphatic rings. The van der Waals surface area contributed by atoms with Gasteiger partial charge in [-0.1, -0.05) is 12.1 Å². The molecule has 1 atom stereocenters. The van der Waals surface area contributed by atoms with Crippen LogP contribution in [0, 0.1) is 0 Å². The fourth-order valence-corrected chi connectivity index (χ4v) is 1.48. The standard InChI is InChI=1S/C13H21NO3/c1-13(2,16)9-14-8-12(15)10-5-4-6-11(7-10)17-3/h4-7,12,14-16H,8-9H2,1-3H3. The lowest BCUT2D eigenvalue weighted by atomic mass is 10.1. The average Bonchev–Trinajstić information content (AvgIpc) is 2.27. The number of aliphatic hydroxyl groups excluding tert-OH is 1. The summed E-state index contributed by atoms with van der Waals surface area (Å²) in [5, 5.41) is 22.5. The summed E-state index contributed by atoms with van der Waals surface area (Å²) in [7, 11) is 1.60. The lowest BCUT2D eigenvalue weighted by Crippen LogP contribution is -2.36. The molecule has 0 aliphatic heterocycles. The maximum Gasteiger partial charge on any atom is 0.119 e. The second-order valence-corrected chi connectivity index (χ2v) is 4.74. The summed E-state index contributed by atoms with van der Waals surface area (Å²) >= 11 is 0. The van der Waals surface area contributed by atoms with Gasteiger partial charge in [0, 0.05) is 13.1 Å². The monoisotopic (exact) mass is 239 g/mol. The van der Waals surface area contributed by atoms with Gasteiger partial charge < -0.3 is 20.3 Å². The molecule has 0 bridgehead atoms. The number of aliphatic hydroxyl groups is 2. The van der Waals surface area contributed by atoms with E-state index in [1.165, 1.54) is 0 Å². The second-order valence-electron chi connectivity index (χ2n) is 4.74. The van der Waals surface area contributed by atoms with Crippen LogP contribution in [-0.2, 0) is 0 Å². The third kappa shape index (κ3) is 5.17. The van der Waals surface area contributed by atoms with E-state index in [1.807, 2.05) is 18.2 Å². The lowest BCUT2D eigenvalue weighted by molar-refractivity contribution is 0.0739. The van der Waals surface area contributed by atoms with Crippen molar-refractivity contribution in [3.05, 3.63) is 29.8 Å². The molecule has 1 rings (SSSR count). The molecule has 0 saturated carbocycles. The van der Waals surface area contributed by atoms with Crippen LogP contribution in [-0.4, -0.2) is 36.0 Å². The van der Waals surface area contributed by atoms with Crippen molar-refractivity contribution in [1.82, 2.24) is 5.32 Å². The van der Waals surface area contributed by atoms with Crippen LogP contribution < -0.4 is 10.1 Å². The van der Waals surface area contributed by atoms with Gasteiger partial charge in [-0.2, -0.15) is 0 Å². The molecule has 0 amide bonds. The summed E-state index contributed by atoms with van der Waals surface area (Å²) in [5.74, 6) is 0.726. The molecule has 1 unspecified atom stereocenters. The van der Waals surface area contributed by atoms with Gasteiger partial charge in [0.15, 0.2) is 0 Å². The number of benzene rings is 1. The van der Waals surface area contributed by atoms with E-state index >= 15 is 0 Å². The third-order valence-electron chi connectivity index (χ3n) is 2.37. The molecule has 0 heterocycles. The number of ether oxygens (including phenoxy) is 1. The first kappa shape index (κ1) is 14.0. The maximum absolute atomic E-state index is 9.94. The predicted octanol–water partition coefficient (Wildman–Crippen LogP) is 1.09. The van der Waals surface area contributed by atoms with Gasteiger partial charge in [-0.05, 0) is 31.5 Å². The molecule has 4 nitrogen and oxygen atoms in total. The quantitative estimate of drug-likeness (QED) is 0.695. The lowest BCUT2D eigenvalue weighted by Gasteiger charge is -2.19. The van der Waals surface area contributed by atoms with Gasteiger partial charge >= 0.3 is 0 Å². The minimum Gasteiger partial charge on any atom is -0.497 e. The Morgan fingerprint density at radius 2 is 2.12 bits per heavy atom. The van der Waals surface area contributed by atoms with E-state index in [0.717, 1.165) is 11.3 Å². The fraction of sp³-hybridized carbons (Fsp3) is 0.538. The first-order valence-electron chi connectivity index (χ1n) is 5.67. The van der Waals surface area contributed by atoms with E-state index in [0.29, 0.717) is 13.1 Å². The van der Waals surface area contributed by atoms with Crippen LogP contribution in [0.15, 0.2) is 24.3 Å². The Bertz CT molecular complexity index is 347. The number of hydrogen-bond acceptors (Lipinski definition) is 4. The third-order valence-corrected chi connectivity index (χ3v) is 2.37. The molecule has 17 heavy (non-hydrogen) atoms. The smallest absolute Gasteiger partial charge is 0.119 e. The van der Waals surface area contributed by atoms with Crippen molar-refractivity contribution in [3.63, 3.8) is 0 Å². The Balaban J connectivity index is 2.49. The highest BCUT2D eigenvalue weighted by molar-refractivity contribution is 5.29. The van der Waals surface area contributed by atoms with Gasteiger partial charge in [0.25, 0.3) is 0 Å². The zero-order valence-electron chi connectivity index (χ0n) is 10.6. The van der Waals surface area contributed by atoms with Crippen molar-refractivity contribution in [2.24, 2.45) is 0 Å². The van der Waals surface area contributed by atoms with E-state index in [-0.39, 0.29) is 0 Å². The zero-order chi connectivity index (χ0) is 12.9. The van der Waals surface area contributed by atoms with E-state index < -0.39 is 11.7 Å². The Morgan fingerprint density at radius 1 is 1.41 bits per heavy atom. The van der Waals surface area contributed by atoms with Crippen molar-refractivity contribution >= 4 is 0 Å². The molecule has 4 heteroatoms. The summed E-state index contributed by atoms with van der Waals surface area (Å²) in [4.78, 5) is 0. The predicted molar refractivity (Wildman–Crippen MR) is 67.1 cm³/mol. The highest BCUT2D eigenvalue weighted by Gasteiger charge is 2.13. The fourth-order valence-electron chi connectivity index (χ4n) is 1.48. The SMILES string of the molecule is COc1cccc(C(O)CNCC(C)(C)O)c1. The molecule has 96 valence electrons. The molecular formula is C13H21NO3. The largest absolute Gasteiger partial charge is 0.497 e. The topological polar surface area (TPSA) is 61.7 Å². The summed E-state index contributed by atoms with van der Waals surface area (Å²) in [6.07, 6.45) is -0.604. The summed E-state index contributed by atoms with van der Waals surface area (Å²) < 4.78 is 5.09. The number of nitrogens with one attached hydrogen (secondary N) is 1. The van der Waals surface area contributed by atoms with Crippen LogP contribution in [0.3, 0.4) is 0 Å². The van der Waals surface area contributed by atoms with Gasteiger partial charge in [-0.3, -0.25) is 0 Å². The zero-order valence-corrected chi connectivity index (χ0v) is 10.6. The van der Waals surface area contributed by atoms with Crippen LogP contribution in [0.2, 0.25) is 0 Å². The molecule has 0 spiro atoms. The van der Waals surface area contributed by atoms with Crippen molar-refractivity contribution in [1.29, 1.82) is 0 Å². The minimum absolute atomic E-state index is 0.400. The Kier molecular flexibility index (Phi) is 4.93. The summed E-state index contributed by atoms with van der Waals surface area (Å²) in [6.45, 7) is 4.28. The van der Waals surface area contributed by atoms with Crippen LogP contribution >= 0.6 is 0 Å². The molecule has 3 N–H and O–H groups in total. The van der Waals surface area contributed by atoms with Crippen molar-refractivity contribution in [3.8, 4) is 5.75 Å². The number of rotatable bonds is 6. The van der Waals surface area contributed by atoms with Crippen molar-refractivity contribution < 1.29 is 14.9 Å². The van der Waals surface area contributed by atoms with Crippen LogP contribution in [0.1, 0.15) is 25.5 Å². The van der Waals surface area contributed by atoms with E-state index in [2.05, 4.69) is 5.32 Å². The molecule has 0 radical (unpaired) electrons. The number of hydrogen-bond donors (Lipinski definition) is 3. The molecule has 0 saturated heterocycles. The molecule has 1 aromatic carbocycles. The Labute approximate surface area is 102 Å². The highest BCUT2D eigenvalue weighted by Crippen LogP contribution is 2.18. The van der Waals surface area contributed by atoms with Crippen LogP contribution in [0.5, 0.6) is 5.75 Å². The first-order valence-corrected chi connectivity index (χ1v) is 5.67. The normalized spacial score (nSPS) is 13.5. The molecule has 0 aromatic heterocycles. The van der Waals surface area contributed by atoms with Gasteiger partial charge in [0.2, 0.25) is 0 Å². The van der Waals surface area contributed by atoms with E-state index in [4.69, 9.17) is 4.74 Å².